The van der Waals surface area contributed by atoms with Gasteiger partial charge in [0.25, 0.3) is 0 Å². The van der Waals surface area contributed by atoms with Gasteiger partial charge in [-0.05, 0) is 39.7 Å². The molecule has 0 aromatic rings. The van der Waals surface area contributed by atoms with Crippen molar-refractivity contribution in [2.24, 2.45) is 0 Å². The molecule has 6 nitrogen and oxygen atoms in total. The first-order valence-corrected chi connectivity index (χ1v) is 8.39. The minimum absolute atomic E-state index is 0.0886. The molecule has 0 bridgehead atoms. The molecule has 1 aliphatic heterocycles. The van der Waals surface area contributed by atoms with E-state index < -0.39 is 5.97 Å². The fourth-order valence-electron chi connectivity index (χ4n) is 2.94. The number of aliphatic carboxylic acids is 1. The second-order valence-electron chi connectivity index (χ2n) is 6.22. The standard InChI is InChI=1S/C16H31N3O3/c1-5-12(3)17-16(22)13(4)19-9-7-14(8-10-19)18(6-2)11-15(20)21/h12-14H,5-11H2,1-4H3,(H,17,22)(H,20,21). The van der Waals surface area contributed by atoms with Gasteiger partial charge in [0, 0.05) is 25.2 Å². The summed E-state index contributed by atoms with van der Waals surface area (Å²) < 4.78 is 0. The summed E-state index contributed by atoms with van der Waals surface area (Å²) in [4.78, 5) is 27.3. The van der Waals surface area contributed by atoms with E-state index in [1.807, 2.05) is 25.7 Å². The molecule has 1 rings (SSSR count). The van der Waals surface area contributed by atoms with Crippen LogP contribution in [0.3, 0.4) is 0 Å². The third-order valence-corrected chi connectivity index (χ3v) is 4.69. The van der Waals surface area contributed by atoms with Crippen LogP contribution in [0.4, 0.5) is 0 Å². The van der Waals surface area contributed by atoms with Gasteiger partial charge in [0.05, 0.1) is 12.6 Å². The second kappa shape index (κ2) is 9.10. The lowest BCUT2D eigenvalue weighted by molar-refractivity contribution is -0.139. The molecule has 0 aromatic carbocycles. The van der Waals surface area contributed by atoms with Crippen LogP contribution in [0.5, 0.6) is 0 Å². The zero-order valence-electron chi connectivity index (χ0n) is 14.3. The first-order chi connectivity index (χ1) is 10.4. The third-order valence-electron chi connectivity index (χ3n) is 4.69. The lowest BCUT2D eigenvalue weighted by Crippen LogP contribution is -2.53. The third kappa shape index (κ3) is 5.57. The van der Waals surface area contributed by atoms with Crippen LogP contribution >= 0.6 is 0 Å². The van der Waals surface area contributed by atoms with Crippen molar-refractivity contribution in [3.8, 4) is 0 Å². The minimum Gasteiger partial charge on any atom is -0.480 e. The number of carbonyl (C=O) groups excluding carboxylic acids is 1. The number of carboxylic acids is 1. The van der Waals surface area contributed by atoms with Crippen LogP contribution in [0, 0.1) is 0 Å². The van der Waals surface area contributed by atoms with E-state index in [0.717, 1.165) is 38.9 Å². The summed E-state index contributed by atoms with van der Waals surface area (Å²) in [6.45, 7) is 10.6. The van der Waals surface area contributed by atoms with E-state index in [1.54, 1.807) is 0 Å². The molecule has 0 aliphatic carbocycles. The molecule has 2 unspecified atom stereocenters. The molecule has 6 heteroatoms. The van der Waals surface area contributed by atoms with Gasteiger partial charge in [0.1, 0.15) is 0 Å². The summed E-state index contributed by atoms with van der Waals surface area (Å²) >= 11 is 0. The fraction of sp³-hybridized carbons (Fsp3) is 0.875. The molecule has 0 aromatic heterocycles. The van der Waals surface area contributed by atoms with Crippen LogP contribution < -0.4 is 5.32 Å². The maximum Gasteiger partial charge on any atom is 0.317 e. The van der Waals surface area contributed by atoms with E-state index >= 15 is 0 Å². The van der Waals surface area contributed by atoms with Crippen molar-refractivity contribution in [2.75, 3.05) is 26.2 Å². The Hall–Kier alpha value is -1.14. The Bertz CT molecular complexity index is 368. The molecule has 1 amide bonds. The number of likely N-dealkylation sites (N-methyl/N-ethyl adjacent to an activating group) is 1. The Kier molecular flexibility index (Phi) is 7.82. The Labute approximate surface area is 133 Å². The van der Waals surface area contributed by atoms with Gasteiger partial charge >= 0.3 is 5.97 Å². The molecular formula is C16H31N3O3. The molecule has 0 radical (unpaired) electrons. The molecule has 1 saturated heterocycles. The topological polar surface area (TPSA) is 72.9 Å². The van der Waals surface area contributed by atoms with Gasteiger partial charge in [-0.25, -0.2) is 0 Å². The summed E-state index contributed by atoms with van der Waals surface area (Å²) in [5.41, 5.74) is 0. The number of piperidine rings is 1. The van der Waals surface area contributed by atoms with Crippen LogP contribution in [-0.4, -0.2) is 71.1 Å². The largest absolute Gasteiger partial charge is 0.480 e. The smallest absolute Gasteiger partial charge is 0.317 e. The Morgan fingerprint density at radius 2 is 1.86 bits per heavy atom. The van der Waals surface area contributed by atoms with E-state index in [9.17, 15) is 9.59 Å². The van der Waals surface area contributed by atoms with Crippen molar-refractivity contribution in [1.82, 2.24) is 15.1 Å². The molecule has 1 aliphatic rings. The van der Waals surface area contributed by atoms with Gasteiger partial charge in [-0.15, -0.1) is 0 Å². The van der Waals surface area contributed by atoms with Gasteiger partial charge in [-0.2, -0.15) is 0 Å². The number of likely N-dealkylation sites (tertiary alicyclic amines) is 1. The lowest BCUT2D eigenvalue weighted by Gasteiger charge is -2.39. The van der Waals surface area contributed by atoms with E-state index in [0.29, 0.717) is 6.04 Å². The summed E-state index contributed by atoms with van der Waals surface area (Å²) in [6.07, 6.45) is 2.77. The monoisotopic (exact) mass is 313 g/mol. The zero-order valence-corrected chi connectivity index (χ0v) is 14.3. The minimum atomic E-state index is -0.773. The molecule has 1 fully saturated rings. The highest BCUT2D eigenvalue weighted by atomic mass is 16.4. The van der Waals surface area contributed by atoms with Crippen LogP contribution in [0.2, 0.25) is 0 Å². The number of amides is 1. The zero-order chi connectivity index (χ0) is 16.7. The Morgan fingerprint density at radius 1 is 1.27 bits per heavy atom. The first-order valence-electron chi connectivity index (χ1n) is 8.39. The maximum absolute atomic E-state index is 12.2. The summed E-state index contributed by atoms with van der Waals surface area (Å²) in [6, 6.07) is 0.394. The number of hydrogen-bond acceptors (Lipinski definition) is 4. The first kappa shape index (κ1) is 18.9. The highest BCUT2D eigenvalue weighted by Crippen LogP contribution is 2.18. The van der Waals surface area contributed by atoms with Crippen LogP contribution in [0.25, 0.3) is 0 Å². The van der Waals surface area contributed by atoms with E-state index in [-0.39, 0.29) is 24.5 Å². The van der Waals surface area contributed by atoms with Gasteiger partial charge in [0.15, 0.2) is 0 Å². The van der Waals surface area contributed by atoms with Crippen molar-refractivity contribution in [2.45, 2.75) is 65.1 Å². The molecule has 128 valence electrons. The van der Waals surface area contributed by atoms with Gasteiger partial charge in [-0.3, -0.25) is 19.4 Å². The molecule has 1 heterocycles. The average Bonchev–Trinajstić information content (AvgIpc) is 2.51. The van der Waals surface area contributed by atoms with Crippen molar-refractivity contribution in [1.29, 1.82) is 0 Å². The Balaban J connectivity index is 2.46. The molecule has 2 N–H and O–H groups in total. The quantitative estimate of drug-likeness (QED) is 0.703. The van der Waals surface area contributed by atoms with E-state index in [4.69, 9.17) is 5.11 Å². The fourth-order valence-corrected chi connectivity index (χ4v) is 2.94. The molecule has 2 atom stereocenters. The predicted octanol–water partition coefficient (Wildman–Crippen LogP) is 1.16. The summed E-state index contributed by atoms with van der Waals surface area (Å²) in [7, 11) is 0. The highest BCUT2D eigenvalue weighted by molar-refractivity contribution is 5.81. The lowest BCUT2D eigenvalue weighted by atomic mass is 10.0. The summed E-state index contributed by atoms with van der Waals surface area (Å²) in [5.74, 6) is -0.684. The van der Waals surface area contributed by atoms with E-state index in [2.05, 4.69) is 17.1 Å². The van der Waals surface area contributed by atoms with Crippen molar-refractivity contribution < 1.29 is 14.7 Å². The van der Waals surface area contributed by atoms with Gasteiger partial charge in [-0.1, -0.05) is 13.8 Å². The van der Waals surface area contributed by atoms with E-state index in [1.165, 1.54) is 0 Å². The number of rotatable bonds is 8. The Morgan fingerprint density at radius 3 is 2.32 bits per heavy atom. The number of carbonyl (C=O) groups is 2. The van der Waals surface area contributed by atoms with Crippen LogP contribution in [0.15, 0.2) is 0 Å². The number of carboxylic acid groups (broad SMARTS) is 1. The van der Waals surface area contributed by atoms with Crippen molar-refractivity contribution in [3.05, 3.63) is 0 Å². The molecular weight excluding hydrogens is 282 g/mol. The predicted molar refractivity (Wildman–Crippen MR) is 86.8 cm³/mol. The normalized spacial score (nSPS) is 19.9. The van der Waals surface area contributed by atoms with Crippen LogP contribution in [-0.2, 0) is 9.59 Å². The average molecular weight is 313 g/mol. The molecule has 22 heavy (non-hydrogen) atoms. The van der Waals surface area contributed by atoms with Gasteiger partial charge in [0.2, 0.25) is 5.91 Å². The number of nitrogens with zero attached hydrogens (tertiary/aromatic N) is 2. The SMILES string of the molecule is CCC(C)NC(=O)C(C)N1CCC(N(CC)CC(=O)O)CC1. The number of nitrogens with one attached hydrogen (secondary N) is 1. The van der Waals surface area contributed by atoms with Crippen molar-refractivity contribution in [3.63, 3.8) is 0 Å². The molecule has 0 spiro atoms. The van der Waals surface area contributed by atoms with Crippen LogP contribution in [0.1, 0.15) is 47.0 Å². The van der Waals surface area contributed by atoms with Gasteiger partial charge < -0.3 is 10.4 Å². The number of hydrogen-bond donors (Lipinski definition) is 2. The van der Waals surface area contributed by atoms with Crippen molar-refractivity contribution >= 4 is 11.9 Å². The highest BCUT2D eigenvalue weighted by Gasteiger charge is 2.29. The second-order valence-corrected chi connectivity index (χ2v) is 6.22. The molecule has 0 saturated carbocycles. The maximum atomic E-state index is 12.2. The summed E-state index contributed by atoms with van der Waals surface area (Å²) in [5, 5.41) is 12.0.